The molecule has 1 rings (SSSR count). The Balaban J connectivity index is 2.85. The second-order valence-electron chi connectivity index (χ2n) is 3.36. The molecule has 0 unspecified atom stereocenters. The van der Waals surface area contributed by atoms with Crippen molar-refractivity contribution in [3.05, 3.63) is 17.8 Å². The molecule has 0 saturated heterocycles. The average molecular weight is 136 g/mol. The van der Waals surface area contributed by atoms with E-state index in [9.17, 15) is 0 Å². The van der Waals surface area contributed by atoms with E-state index in [1.54, 1.807) is 0 Å². The zero-order valence-electron chi connectivity index (χ0n) is 6.60. The normalized spacial score (nSPS) is 16.5. The maximum atomic E-state index is 3.71. The molecule has 0 radical (unpaired) electrons. The maximum absolute atomic E-state index is 3.71. The van der Waals surface area contributed by atoms with Crippen molar-refractivity contribution < 1.29 is 0 Å². The van der Waals surface area contributed by atoms with Gasteiger partial charge in [-0.1, -0.05) is 20.8 Å². The summed E-state index contributed by atoms with van der Waals surface area (Å²) in [5.41, 5.74) is 4.18. The summed E-state index contributed by atoms with van der Waals surface area (Å²) in [5, 5.41) is 3.71. The zero-order chi connectivity index (χ0) is 7.61. The Morgan fingerprint density at radius 1 is 1.50 bits per heavy atom. The number of hydrogen-bond donors (Lipinski definition) is 1. The molecule has 1 aliphatic heterocycles. The van der Waals surface area contributed by atoms with Crippen LogP contribution in [0.1, 0.15) is 20.8 Å². The van der Waals surface area contributed by atoms with E-state index in [1.807, 2.05) is 12.3 Å². The topological polar surface area (TPSA) is 24.4 Å². The molecular formula is C8H12N2. The quantitative estimate of drug-likeness (QED) is 0.538. The van der Waals surface area contributed by atoms with E-state index < -0.39 is 0 Å². The largest absolute Gasteiger partial charge is 0.277 e. The molecule has 2 heteroatoms. The Labute approximate surface area is 61.3 Å². The van der Waals surface area contributed by atoms with Crippen LogP contribution in [0.2, 0.25) is 0 Å². The predicted molar refractivity (Wildman–Crippen MR) is 42.7 cm³/mol. The van der Waals surface area contributed by atoms with Crippen molar-refractivity contribution in [2.24, 2.45) is 10.5 Å². The maximum Gasteiger partial charge on any atom is 0.0251 e. The SMILES string of the molecule is CC(C)(C)C1=CNN=C=C1. The highest BCUT2D eigenvalue weighted by atomic mass is 15.3. The summed E-state index contributed by atoms with van der Waals surface area (Å²) in [6.07, 6.45) is 3.80. The van der Waals surface area contributed by atoms with E-state index in [2.05, 4.69) is 37.2 Å². The molecule has 10 heavy (non-hydrogen) atoms. The summed E-state index contributed by atoms with van der Waals surface area (Å²) < 4.78 is 0. The summed E-state index contributed by atoms with van der Waals surface area (Å²) >= 11 is 0. The van der Waals surface area contributed by atoms with E-state index in [1.165, 1.54) is 5.57 Å². The van der Waals surface area contributed by atoms with Crippen LogP contribution in [-0.2, 0) is 0 Å². The molecule has 2 nitrogen and oxygen atoms in total. The van der Waals surface area contributed by atoms with Crippen molar-refractivity contribution in [2.45, 2.75) is 20.8 Å². The third-order valence-corrected chi connectivity index (χ3v) is 1.44. The number of hydrazone groups is 1. The minimum atomic E-state index is 0.190. The van der Waals surface area contributed by atoms with Gasteiger partial charge in [0.05, 0.1) is 0 Å². The van der Waals surface area contributed by atoms with Crippen LogP contribution in [0, 0.1) is 5.41 Å². The first-order valence-electron chi connectivity index (χ1n) is 3.35. The lowest BCUT2D eigenvalue weighted by Gasteiger charge is -2.19. The molecule has 0 saturated carbocycles. The van der Waals surface area contributed by atoms with Crippen LogP contribution >= 0.6 is 0 Å². The molecule has 0 amide bonds. The molecule has 0 atom stereocenters. The van der Waals surface area contributed by atoms with E-state index >= 15 is 0 Å². The van der Waals surface area contributed by atoms with Gasteiger partial charge >= 0.3 is 0 Å². The van der Waals surface area contributed by atoms with Gasteiger partial charge in [-0.15, -0.1) is 5.10 Å². The second kappa shape index (κ2) is 2.31. The van der Waals surface area contributed by atoms with Gasteiger partial charge in [0, 0.05) is 18.1 Å². The van der Waals surface area contributed by atoms with Gasteiger partial charge in [0.25, 0.3) is 0 Å². The van der Waals surface area contributed by atoms with Crippen LogP contribution in [0.15, 0.2) is 23.0 Å². The standard InChI is InChI=1S/C8H12N2/c1-8(2,3)7-4-5-9-10-6-7/h4,6,10H,1-3H3. The summed E-state index contributed by atoms with van der Waals surface area (Å²) in [6, 6.07) is 0. The van der Waals surface area contributed by atoms with Gasteiger partial charge in [0.2, 0.25) is 0 Å². The third-order valence-electron chi connectivity index (χ3n) is 1.44. The molecule has 54 valence electrons. The van der Waals surface area contributed by atoms with Crippen LogP contribution in [0.5, 0.6) is 0 Å². The number of hydrogen-bond acceptors (Lipinski definition) is 2. The Bertz CT molecular complexity index is 212. The minimum Gasteiger partial charge on any atom is -0.277 e. The molecule has 0 spiro atoms. The molecular weight excluding hydrogens is 124 g/mol. The lowest BCUT2D eigenvalue weighted by atomic mass is 9.87. The minimum absolute atomic E-state index is 0.190. The van der Waals surface area contributed by atoms with Crippen molar-refractivity contribution in [3.8, 4) is 0 Å². The van der Waals surface area contributed by atoms with Crippen molar-refractivity contribution in [1.29, 1.82) is 0 Å². The lowest BCUT2D eigenvalue weighted by molar-refractivity contribution is 0.512. The van der Waals surface area contributed by atoms with Gasteiger partial charge in [-0.3, -0.25) is 5.43 Å². The van der Waals surface area contributed by atoms with Gasteiger partial charge in [0.15, 0.2) is 0 Å². The molecule has 1 heterocycles. The number of nitrogens with one attached hydrogen (secondary N) is 1. The fraction of sp³-hybridized carbons (Fsp3) is 0.500. The molecule has 1 N–H and O–H groups in total. The van der Waals surface area contributed by atoms with Crippen molar-refractivity contribution >= 4 is 5.87 Å². The highest BCUT2D eigenvalue weighted by molar-refractivity contribution is 5.59. The van der Waals surface area contributed by atoms with E-state index in [0.29, 0.717) is 0 Å². The van der Waals surface area contributed by atoms with E-state index in [4.69, 9.17) is 0 Å². The van der Waals surface area contributed by atoms with Crippen LogP contribution in [0.3, 0.4) is 0 Å². The van der Waals surface area contributed by atoms with Gasteiger partial charge in [-0.2, -0.15) is 0 Å². The number of rotatable bonds is 0. The molecule has 0 fully saturated rings. The Hall–Kier alpha value is -1.01. The fourth-order valence-electron chi connectivity index (χ4n) is 0.716. The Morgan fingerprint density at radius 3 is 2.50 bits per heavy atom. The average Bonchev–Trinajstić information content (AvgIpc) is 1.88. The number of nitrogens with zero attached hydrogens (tertiary/aromatic N) is 1. The highest BCUT2D eigenvalue weighted by Crippen LogP contribution is 2.25. The fourth-order valence-corrected chi connectivity index (χ4v) is 0.716. The molecule has 0 aliphatic carbocycles. The predicted octanol–water partition coefficient (Wildman–Crippen LogP) is 1.66. The third kappa shape index (κ3) is 1.49. The zero-order valence-corrected chi connectivity index (χ0v) is 6.60. The molecule has 0 aromatic carbocycles. The van der Waals surface area contributed by atoms with Gasteiger partial charge in [-0.05, 0) is 11.0 Å². The highest BCUT2D eigenvalue weighted by Gasteiger charge is 2.14. The second-order valence-corrected chi connectivity index (χ2v) is 3.36. The van der Waals surface area contributed by atoms with Crippen LogP contribution in [-0.4, -0.2) is 5.87 Å². The van der Waals surface area contributed by atoms with Gasteiger partial charge in [-0.25, -0.2) is 0 Å². The first kappa shape index (κ1) is 7.10. The summed E-state index contributed by atoms with van der Waals surface area (Å²) in [6.45, 7) is 6.47. The van der Waals surface area contributed by atoms with Gasteiger partial charge < -0.3 is 0 Å². The van der Waals surface area contributed by atoms with Gasteiger partial charge in [0.1, 0.15) is 0 Å². The van der Waals surface area contributed by atoms with E-state index in [0.717, 1.165) is 0 Å². The summed E-state index contributed by atoms with van der Waals surface area (Å²) in [5.74, 6) is 2.76. The van der Waals surface area contributed by atoms with Crippen LogP contribution in [0.4, 0.5) is 0 Å². The first-order valence-corrected chi connectivity index (χ1v) is 3.35. The van der Waals surface area contributed by atoms with Crippen LogP contribution < -0.4 is 5.43 Å². The Morgan fingerprint density at radius 2 is 2.20 bits per heavy atom. The Kier molecular flexibility index (Phi) is 1.64. The molecule has 0 bridgehead atoms. The number of allylic oxidation sites excluding steroid dienone is 2. The molecule has 1 aliphatic rings. The lowest BCUT2D eigenvalue weighted by Crippen LogP contribution is -2.12. The smallest absolute Gasteiger partial charge is 0.0251 e. The van der Waals surface area contributed by atoms with Crippen LogP contribution in [0.25, 0.3) is 0 Å². The molecule has 0 aromatic heterocycles. The van der Waals surface area contributed by atoms with Crippen molar-refractivity contribution in [2.75, 3.05) is 0 Å². The van der Waals surface area contributed by atoms with Crippen molar-refractivity contribution in [3.63, 3.8) is 0 Å². The van der Waals surface area contributed by atoms with E-state index in [-0.39, 0.29) is 5.41 Å². The first-order chi connectivity index (χ1) is 4.61. The van der Waals surface area contributed by atoms with Crippen molar-refractivity contribution in [1.82, 2.24) is 5.43 Å². The summed E-state index contributed by atoms with van der Waals surface area (Å²) in [4.78, 5) is 0. The monoisotopic (exact) mass is 136 g/mol. The molecule has 0 aromatic rings. The summed E-state index contributed by atoms with van der Waals surface area (Å²) in [7, 11) is 0.